The van der Waals surface area contributed by atoms with Crippen molar-refractivity contribution < 1.29 is 13.8 Å². The fourth-order valence-electron chi connectivity index (χ4n) is 3.34. The molecular weight excluding hydrogens is 341 g/mol. The van der Waals surface area contributed by atoms with E-state index < -0.39 is 4.92 Å². The van der Waals surface area contributed by atoms with Crippen LogP contribution < -0.4 is 5.32 Å². The summed E-state index contributed by atoms with van der Waals surface area (Å²) in [7, 11) is 1.55. The molecule has 0 unspecified atom stereocenters. The van der Waals surface area contributed by atoms with Crippen molar-refractivity contribution in [1.29, 1.82) is 0 Å². The van der Waals surface area contributed by atoms with Crippen LogP contribution >= 0.6 is 0 Å². The molecule has 3 rings (SSSR count). The van der Waals surface area contributed by atoms with Gasteiger partial charge in [-0.3, -0.25) is 15.1 Å². The van der Waals surface area contributed by atoms with Gasteiger partial charge in [-0.25, -0.2) is 4.39 Å². The van der Waals surface area contributed by atoms with E-state index >= 15 is 0 Å². The zero-order valence-electron chi connectivity index (χ0n) is 14.7. The van der Waals surface area contributed by atoms with Gasteiger partial charge < -0.3 is 14.7 Å². The second-order valence-corrected chi connectivity index (χ2v) is 6.41. The SMILES string of the molecule is CN=C(C[N+](=O)[O-])NCCN1CCC(c2noc3cc(F)ccc23)CC1. The van der Waals surface area contributed by atoms with Crippen LogP contribution in [-0.2, 0) is 0 Å². The molecule has 0 atom stereocenters. The molecule has 0 bridgehead atoms. The molecule has 1 N–H and O–H groups in total. The Balaban J connectivity index is 1.49. The normalized spacial score (nSPS) is 16.9. The molecule has 2 aromatic rings. The number of nitrogens with one attached hydrogen (secondary N) is 1. The molecular formula is C17H22FN5O3. The van der Waals surface area contributed by atoms with E-state index in [2.05, 4.69) is 20.4 Å². The predicted octanol–water partition coefficient (Wildman–Crippen LogP) is 2.04. The van der Waals surface area contributed by atoms with Gasteiger partial charge in [-0.2, -0.15) is 0 Å². The van der Waals surface area contributed by atoms with E-state index in [9.17, 15) is 14.5 Å². The fourth-order valence-corrected chi connectivity index (χ4v) is 3.34. The van der Waals surface area contributed by atoms with Gasteiger partial charge in [0.15, 0.2) is 11.4 Å². The smallest absolute Gasteiger partial charge is 0.259 e. The van der Waals surface area contributed by atoms with Crippen LogP contribution in [0.25, 0.3) is 11.0 Å². The van der Waals surface area contributed by atoms with E-state index in [1.54, 1.807) is 13.1 Å². The maximum Gasteiger partial charge on any atom is 0.259 e. The van der Waals surface area contributed by atoms with Crippen molar-refractivity contribution >= 4 is 16.8 Å². The number of piperidine rings is 1. The summed E-state index contributed by atoms with van der Waals surface area (Å²) in [5.74, 6) is 0.369. The third-order valence-electron chi connectivity index (χ3n) is 4.74. The van der Waals surface area contributed by atoms with Gasteiger partial charge >= 0.3 is 0 Å². The number of hydrogen-bond donors (Lipinski definition) is 1. The number of aliphatic imine (C=N–C) groups is 1. The number of nitrogens with zero attached hydrogens (tertiary/aromatic N) is 4. The first-order valence-corrected chi connectivity index (χ1v) is 8.65. The number of fused-ring (bicyclic) bond motifs is 1. The van der Waals surface area contributed by atoms with Crippen LogP contribution in [0.1, 0.15) is 24.5 Å². The highest BCUT2D eigenvalue weighted by Gasteiger charge is 2.25. The molecule has 0 amide bonds. The quantitative estimate of drug-likeness (QED) is 0.365. The molecule has 0 spiro atoms. The summed E-state index contributed by atoms with van der Waals surface area (Å²) in [5.41, 5.74) is 1.40. The maximum absolute atomic E-state index is 13.3. The van der Waals surface area contributed by atoms with Crippen molar-refractivity contribution in [3.8, 4) is 0 Å². The number of amidine groups is 1. The molecule has 1 fully saturated rings. The Bertz CT molecular complexity index is 799. The van der Waals surface area contributed by atoms with E-state index in [-0.39, 0.29) is 12.4 Å². The molecule has 26 heavy (non-hydrogen) atoms. The summed E-state index contributed by atoms with van der Waals surface area (Å²) < 4.78 is 18.5. The minimum Gasteiger partial charge on any atom is -0.367 e. The largest absolute Gasteiger partial charge is 0.367 e. The Morgan fingerprint density at radius 2 is 2.27 bits per heavy atom. The van der Waals surface area contributed by atoms with Gasteiger partial charge in [0, 0.05) is 42.4 Å². The molecule has 0 radical (unpaired) electrons. The van der Waals surface area contributed by atoms with Crippen LogP contribution in [0.15, 0.2) is 27.7 Å². The van der Waals surface area contributed by atoms with Gasteiger partial charge in [-0.15, -0.1) is 0 Å². The van der Waals surface area contributed by atoms with Crippen LogP contribution in [0, 0.1) is 15.9 Å². The molecule has 0 aliphatic carbocycles. The lowest BCUT2D eigenvalue weighted by atomic mass is 9.91. The lowest BCUT2D eigenvalue weighted by molar-refractivity contribution is -0.463. The lowest BCUT2D eigenvalue weighted by Crippen LogP contribution is -2.40. The fraction of sp³-hybridized carbons (Fsp3) is 0.529. The van der Waals surface area contributed by atoms with Crippen LogP contribution in [0.4, 0.5) is 4.39 Å². The summed E-state index contributed by atoms with van der Waals surface area (Å²) in [6.07, 6.45) is 1.89. The Kier molecular flexibility index (Phi) is 5.77. The Morgan fingerprint density at radius 3 is 2.96 bits per heavy atom. The van der Waals surface area contributed by atoms with Gasteiger partial charge in [0.05, 0.1) is 5.69 Å². The second-order valence-electron chi connectivity index (χ2n) is 6.41. The first-order chi connectivity index (χ1) is 12.6. The average molecular weight is 363 g/mol. The predicted molar refractivity (Wildman–Crippen MR) is 95.6 cm³/mol. The first-order valence-electron chi connectivity index (χ1n) is 8.65. The number of benzene rings is 1. The van der Waals surface area contributed by atoms with Crippen molar-refractivity contribution in [2.45, 2.75) is 18.8 Å². The molecule has 1 aromatic heterocycles. The zero-order valence-corrected chi connectivity index (χ0v) is 14.7. The van der Waals surface area contributed by atoms with Gasteiger partial charge in [0.2, 0.25) is 0 Å². The molecule has 1 aromatic carbocycles. The molecule has 1 aliphatic heterocycles. The minimum absolute atomic E-state index is 0.279. The van der Waals surface area contributed by atoms with Crippen molar-refractivity contribution in [3.63, 3.8) is 0 Å². The standard InChI is InChI=1S/C17H22FN5O3/c1-19-16(11-23(24)25)20-6-9-22-7-4-12(5-8-22)17-14-3-2-13(18)10-15(14)26-21-17/h2-3,10,12H,4-9,11H2,1H3,(H,19,20). The van der Waals surface area contributed by atoms with Crippen LogP contribution in [0.5, 0.6) is 0 Å². The second kappa shape index (κ2) is 8.22. The highest BCUT2D eigenvalue weighted by molar-refractivity contribution is 5.83. The number of aromatic nitrogens is 1. The number of likely N-dealkylation sites (tertiary alicyclic amines) is 1. The van der Waals surface area contributed by atoms with E-state index in [0.717, 1.165) is 43.6 Å². The third kappa shape index (κ3) is 4.34. The van der Waals surface area contributed by atoms with Gasteiger partial charge in [-0.1, -0.05) is 5.16 Å². The minimum atomic E-state index is -0.394. The number of hydrogen-bond acceptors (Lipinski definition) is 6. The highest BCUT2D eigenvalue weighted by Crippen LogP contribution is 2.32. The van der Waals surface area contributed by atoms with E-state index in [0.29, 0.717) is 23.9 Å². The first kappa shape index (κ1) is 18.2. The summed E-state index contributed by atoms with van der Waals surface area (Å²) >= 11 is 0. The van der Waals surface area contributed by atoms with Gasteiger partial charge in [0.25, 0.3) is 6.54 Å². The Hall–Kier alpha value is -2.55. The summed E-state index contributed by atoms with van der Waals surface area (Å²) in [4.78, 5) is 16.3. The van der Waals surface area contributed by atoms with E-state index in [4.69, 9.17) is 4.52 Å². The zero-order chi connectivity index (χ0) is 18.5. The van der Waals surface area contributed by atoms with E-state index in [1.807, 2.05) is 0 Å². The highest BCUT2D eigenvalue weighted by atomic mass is 19.1. The number of nitro groups is 1. The Labute approximate surface area is 150 Å². The molecule has 2 heterocycles. The van der Waals surface area contributed by atoms with Gasteiger partial charge in [0.1, 0.15) is 5.82 Å². The van der Waals surface area contributed by atoms with Crippen molar-refractivity contribution in [1.82, 2.24) is 15.4 Å². The summed E-state index contributed by atoms with van der Waals surface area (Å²) in [5, 5.41) is 18.6. The monoisotopic (exact) mass is 363 g/mol. The number of halogens is 1. The topological polar surface area (TPSA) is 96.8 Å². The summed E-state index contributed by atoms with van der Waals surface area (Å²) in [6, 6.07) is 4.53. The maximum atomic E-state index is 13.3. The van der Waals surface area contributed by atoms with Gasteiger partial charge in [-0.05, 0) is 38.1 Å². The molecule has 1 aliphatic rings. The Morgan fingerprint density at radius 1 is 1.50 bits per heavy atom. The molecule has 140 valence electrons. The molecule has 9 heteroatoms. The third-order valence-corrected chi connectivity index (χ3v) is 4.74. The number of rotatable bonds is 6. The lowest BCUT2D eigenvalue weighted by Gasteiger charge is -2.31. The van der Waals surface area contributed by atoms with Crippen LogP contribution in [0.3, 0.4) is 0 Å². The average Bonchev–Trinajstić information content (AvgIpc) is 3.04. The van der Waals surface area contributed by atoms with Crippen molar-refractivity contribution in [3.05, 3.63) is 39.8 Å². The van der Waals surface area contributed by atoms with Crippen molar-refractivity contribution in [2.24, 2.45) is 4.99 Å². The molecule has 8 nitrogen and oxygen atoms in total. The molecule has 1 saturated heterocycles. The summed E-state index contributed by atoms with van der Waals surface area (Å²) in [6.45, 7) is 2.97. The van der Waals surface area contributed by atoms with E-state index in [1.165, 1.54) is 12.1 Å². The van der Waals surface area contributed by atoms with Crippen molar-refractivity contribution in [2.75, 3.05) is 39.8 Å². The molecule has 0 saturated carbocycles. The van der Waals surface area contributed by atoms with Crippen LogP contribution in [-0.4, -0.2) is 60.6 Å². The van der Waals surface area contributed by atoms with Crippen LogP contribution in [0.2, 0.25) is 0 Å².